The van der Waals surface area contributed by atoms with Crippen LogP contribution in [0.2, 0.25) is 0 Å². The van der Waals surface area contributed by atoms with Gasteiger partial charge in [-0.1, -0.05) is 12.1 Å². The molecule has 0 bridgehead atoms. The topological polar surface area (TPSA) is 117 Å². The molecule has 0 fully saturated rings. The lowest BCUT2D eigenvalue weighted by Gasteiger charge is -1.99. The van der Waals surface area contributed by atoms with Crippen molar-refractivity contribution in [2.45, 2.75) is 6.92 Å². The number of aromatic carboxylic acids is 2. The maximum absolute atomic E-state index is 11.4. The Morgan fingerprint density at radius 3 is 2.58 bits per heavy atom. The normalized spacial score (nSPS) is 11.2. The second kappa shape index (κ2) is 5.92. The van der Waals surface area contributed by atoms with Gasteiger partial charge in [-0.05, 0) is 36.8 Å². The number of fused-ring (bicyclic) bond motifs is 1. The number of hydrogen-bond donors (Lipinski definition) is 2. The van der Waals surface area contributed by atoms with Crippen LogP contribution in [0.4, 0.5) is 11.5 Å². The highest BCUT2D eigenvalue weighted by molar-refractivity contribution is 5.92. The number of pyridine rings is 1. The van der Waals surface area contributed by atoms with E-state index in [4.69, 9.17) is 5.11 Å². The van der Waals surface area contributed by atoms with Gasteiger partial charge >= 0.3 is 11.9 Å². The third-order valence-electron chi connectivity index (χ3n) is 3.38. The summed E-state index contributed by atoms with van der Waals surface area (Å²) in [7, 11) is 0. The van der Waals surface area contributed by atoms with Gasteiger partial charge in [-0.2, -0.15) is 0 Å². The number of carboxylic acids is 2. The molecule has 3 aromatic rings. The van der Waals surface area contributed by atoms with Crippen molar-refractivity contribution in [3.05, 3.63) is 59.4 Å². The Hall–Kier alpha value is -3.55. The van der Waals surface area contributed by atoms with Crippen molar-refractivity contribution in [2.24, 2.45) is 10.2 Å². The van der Waals surface area contributed by atoms with E-state index in [0.717, 1.165) is 5.56 Å². The first kappa shape index (κ1) is 15.3. The summed E-state index contributed by atoms with van der Waals surface area (Å²) in [6.45, 7) is 1.81. The van der Waals surface area contributed by atoms with Crippen LogP contribution in [0.1, 0.15) is 26.4 Å². The van der Waals surface area contributed by atoms with Crippen molar-refractivity contribution >= 4 is 29.1 Å². The zero-order chi connectivity index (χ0) is 17.3. The summed E-state index contributed by atoms with van der Waals surface area (Å²) < 4.78 is 1.53. The van der Waals surface area contributed by atoms with E-state index in [-0.39, 0.29) is 17.1 Å². The van der Waals surface area contributed by atoms with Gasteiger partial charge in [-0.25, -0.2) is 14.6 Å². The molecule has 8 heteroatoms. The van der Waals surface area contributed by atoms with Crippen molar-refractivity contribution in [2.75, 3.05) is 0 Å². The Labute approximate surface area is 135 Å². The Morgan fingerprint density at radius 2 is 1.88 bits per heavy atom. The Bertz CT molecular complexity index is 991. The maximum Gasteiger partial charge on any atom is 0.358 e. The van der Waals surface area contributed by atoms with Gasteiger partial charge in [0.2, 0.25) is 0 Å². The SMILES string of the molecule is Cc1cccn2c(N=Nc3cccc(C(=O)O)c3)c(C(=O)O)nc12. The van der Waals surface area contributed by atoms with Crippen molar-refractivity contribution in [1.29, 1.82) is 0 Å². The summed E-state index contributed by atoms with van der Waals surface area (Å²) in [6, 6.07) is 9.45. The third kappa shape index (κ3) is 2.72. The van der Waals surface area contributed by atoms with Crippen LogP contribution in [0.25, 0.3) is 5.65 Å². The zero-order valence-electron chi connectivity index (χ0n) is 12.5. The molecule has 2 heterocycles. The highest BCUT2D eigenvalue weighted by atomic mass is 16.4. The molecule has 2 N–H and O–H groups in total. The minimum Gasteiger partial charge on any atom is -0.478 e. The molecule has 8 nitrogen and oxygen atoms in total. The lowest BCUT2D eigenvalue weighted by atomic mass is 10.2. The molecule has 0 amide bonds. The van der Waals surface area contributed by atoms with E-state index < -0.39 is 11.9 Å². The molecule has 2 aromatic heterocycles. The summed E-state index contributed by atoms with van der Waals surface area (Å²) >= 11 is 0. The smallest absolute Gasteiger partial charge is 0.358 e. The van der Waals surface area contributed by atoms with E-state index in [2.05, 4.69) is 15.2 Å². The van der Waals surface area contributed by atoms with Gasteiger partial charge in [0.1, 0.15) is 5.65 Å². The van der Waals surface area contributed by atoms with Crippen molar-refractivity contribution < 1.29 is 19.8 Å². The molecule has 1 aromatic carbocycles. The van der Waals surface area contributed by atoms with Crippen LogP contribution < -0.4 is 0 Å². The Kier molecular flexibility index (Phi) is 3.78. The number of aromatic nitrogens is 2. The van der Waals surface area contributed by atoms with E-state index >= 15 is 0 Å². The second-order valence-corrected chi connectivity index (χ2v) is 5.03. The molecule has 0 radical (unpaired) electrons. The lowest BCUT2D eigenvalue weighted by Crippen LogP contribution is -1.96. The van der Waals surface area contributed by atoms with Gasteiger partial charge in [0, 0.05) is 6.20 Å². The summed E-state index contributed by atoms with van der Waals surface area (Å²) in [5, 5.41) is 26.2. The summed E-state index contributed by atoms with van der Waals surface area (Å²) in [6.07, 6.45) is 1.64. The number of imidazole rings is 1. The quantitative estimate of drug-likeness (QED) is 0.713. The van der Waals surface area contributed by atoms with Crippen molar-refractivity contribution in [3.63, 3.8) is 0 Å². The van der Waals surface area contributed by atoms with Crippen LogP contribution in [0, 0.1) is 6.92 Å². The number of hydrogen-bond acceptors (Lipinski definition) is 5. The average molecular weight is 324 g/mol. The molecule has 24 heavy (non-hydrogen) atoms. The van der Waals surface area contributed by atoms with Crippen LogP contribution in [0.15, 0.2) is 52.8 Å². The van der Waals surface area contributed by atoms with Gasteiger partial charge in [-0.3, -0.25) is 4.40 Å². The fourth-order valence-electron chi connectivity index (χ4n) is 2.24. The van der Waals surface area contributed by atoms with E-state index in [9.17, 15) is 14.7 Å². The molecule has 0 aliphatic carbocycles. The van der Waals surface area contributed by atoms with Gasteiger partial charge < -0.3 is 10.2 Å². The second-order valence-electron chi connectivity index (χ2n) is 5.03. The maximum atomic E-state index is 11.4. The molecule has 3 rings (SSSR count). The number of carboxylic acid groups (broad SMARTS) is 2. The molecular weight excluding hydrogens is 312 g/mol. The third-order valence-corrected chi connectivity index (χ3v) is 3.38. The molecule has 0 spiro atoms. The number of carbonyl (C=O) groups is 2. The monoisotopic (exact) mass is 324 g/mol. The number of azo groups is 1. The zero-order valence-corrected chi connectivity index (χ0v) is 12.5. The van der Waals surface area contributed by atoms with Gasteiger partial charge in [0.15, 0.2) is 11.5 Å². The fraction of sp³-hybridized carbons (Fsp3) is 0.0625. The predicted molar refractivity (Wildman–Crippen MR) is 84.5 cm³/mol. The minimum absolute atomic E-state index is 0.0684. The Balaban J connectivity index is 2.11. The minimum atomic E-state index is -1.22. The number of aryl methyl sites for hydroxylation is 1. The van der Waals surface area contributed by atoms with Gasteiger partial charge in [-0.15, -0.1) is 10.2 Å². The van der Waals surface area contributed by atoms with Crippen LogP contribution in [-0.2, 0) is 0 Å². The molecule has 0 atom stereocenters. The largest absolute Gasteiger partial charge is 0.478 e. The van der Waals surface area contributed by atoms with Crippen molar-refractivity contribution in [3.8, 4) is 0 Å². The molecule has 0 saturated carbocycles. The predicted octanol–water partition coefficient (Wildman–Crippen LogP) is 3.45. The van der Waals surface area contributed by atoms with Gasteiger partial charge in [0.25, 0.3) is 0 Å². The van der Waals surface area contributed by atoms with E-state index in [1.807, 2.05) is 13.0 Å². The summed E-state index contributed by atoms with van der Waals surface area (Å²) in [4.78, 5) is 26.5. The first-order valence-electron chi connectivity index (χ1n) is 6.93. The summed E-state index contributed by atoms with van der Waals surface area (Å²) in [5.41, 5.74) is 1.42. The lowest BCUT2D eigenvalue weighted by molar-refractivity contribution is 0.0683. The van der Waals surface area contributed by atoms with Crippen LogP contribution in [0.5, 0.6) is 0 Å². The molecule has 0 unspecified atom stereocenters. The Morgan fingerprint density at radius 1 is 1.08 bits per heavy atom. The van der Waals surface area contributed by atoms with Gasteiger partial charge in [0.05, 0.1) is 11.3 Å². The number of nitrogens with zero attached hydrogens (tertiary/aromatic N) is 4. The molecule has 120 valence electrons. The van der Waals surface area contributed by atoms with Crippen molar-refractivity contribution in [1.82, 2.24) is 9.38 Å². The van der Waals surface area contributed by atoms with E-state index in [0.29, 0.717) is 11.3 Å². The molecule has 0 aliphatic rings. The van der Waals surface area contributed by atoms with Crippen LogP contribution >= 0.6 is 0 Å². The van der Waals surface area contributed by atoms with Crippen LogP contribution in [-0.4, -0.2) is 31.5 Å². The average Bonchev–Trinajstić information content (AvgIpc) is 2.93. The van der Waals surface area contributed by atoms with Crippen LogP contribution in [0.3, 0.4) is 0 Å². The highest BCUT2D eigenvalue weighted by Gasteiger charge is 2.19. The standard InChI is InChI=1S/C16H12N4O4/c1-9-4-3-7-20-13(9)17-12(16(23)24)14(20)19-18-11-6-2-5-10(8-11)15(21)22/h2-8H,1H3,(H,21,22)(H,23,24). The van der Waals surface area contributed by atoms with E-state index in [1.165, 1.54) is 22.6 Å². The first-order valence-corrected chi connectivity index (χ1v) is 6.93. The fourth-order valence-corrected chi connectivity index (χ4v) is 2.24. The highest BCUT2D eigenvalue weighted by Crippen LogP contribution is 2.26. The molecule has 0 aliphatic heterocycles. The summed E-state index contributed by atoms with van der Waals surface area (Å²) in [5.74, 6) is -2.23. The molecule has 0 saturated heterocycles. The first-order chi connectivity index (χ1) is 11.5. The molecular formula is C16H12N4O4. The number of rotatable bonds is 4. The number of benzene rings is 1. The van der Waals surface area contributed by atoms with E-state index in [1.54, 1.807) is 18.3 Å².